The molecule has 1 N–H and O–H groups in total. The number of hydrogen-bond donors (Lipinski definition) is 1. The van der Waals surface area contributed by atoms with Gasteiger partial charge in [0, 0.05) is 31.8 Å². The maximum absolute atomic E-state index is 13.9. The highest BCUT2D eigenvalue weighted by molar-refractivity contribution is 5.49. The Labute approximate surface area is 121 Å². The summed E-state index contributed by atoms with van der Waals surface area (Å²) in [4.78, 5) is 5.37. The van der Waals surface area contributed by atoms with Crippen molar-refractivity contribution < 1.29 is 13.2 Å². The van der Waals surface area contributed by atoms with Crippen LogP contribution >= 0.6 is 0 Å². The zero-order chi connectivity index (χ0) is 15.4. The average Bonchev–Trinajstić information content (AvgIpc) is 2.44. The van der Waals surface area contributed by atoms with E-state index in [0.29, 0.717) is 12.1 Å². The molecule has 0 spiro atoms. The third-order valence-corrected chi connectivity index (χ3v) is 2.98. The predicted octanol–water partition coefficient (Wildman–Crippen LogP) is 3.57. The first-order valence-electron chi connectivity index (χ1n) is 6.57. The SMILES string of the molecule is CCNc1nc(N(C)Cc2ccccc2F)c(F)cc1F. The van der Waals surface area contributed by atoms with Crippen LogP contribution in [0.25, 0.3) is 0 Å². The third kappa shape index (κ3) is 3.45. The molecule has 0 aliphatic heterocycles. The van der Waals surface area contributed by atoms with Crippen LogP contribution < -0.4 is 10.2 Å². The minimum Gasteiger partial charge on any atom is -0.368 e. The number of nitrogens with zero attached hydrogens (tertiary/aromatic N) is 2. The van der Waals surface area contributed by atoms with Gasteiger partial charge in [0.2, 0.25) is 0 Å². The number of hydrogen-bond acceptors (Lipinski definition) is 3. The Morgan fingerprint density at radius 3 is 2.48 bits per heavy atom. The zero-order valence-corrected chi connectivity index (χ0v) is 11.8. The number of benzene rings is 1. The summed E-state index contributed by atoms with van der Waals surface area (Å²) >= 11 is 0. The highest BCUT2D eigenvalue weighted by Gasteiger charge is 2.16. The van der Waals surface area contributed by atoms with E-state index in [-0.39, 0.29) is 24.0 Å². The van der Waals surface area contributed by atoms with Crippen molar-refractivity contribution in [1.82, 2.24) is 4.98 Å². The molecule has 0 atom stereocenters. The van der Waals surface area contributed by atoms with Crippen LogP contribution in [0, 0.1) is 17.5 Å². The van der Waals surface area contributed by atoms with Crippen LogP contribution in [0.2, 0.25) is 0 Å². The summed E-state index contributed by atoms with van der Waals surface area (Å²) in [6.07, 6.45) is 0. The van der Waals surface area contributed by atoms with Gasteiger partial charge in [-0.25, -0.2) is 18.2 Å². The van der Waals surface area contributed by atoms with Gasteiger partial charge >= 0.3 is 0 Å². The maximum atomic E-state index is 13.9. The van der Waals surface area contributed by atoms with Crippen molar-refractivity contribution in [3.8, 4) is 0 Å². The van der Waals surface area contributed by atoms with Crippen LogP contribution in [0.5, 0.6) is 0 Å². The lowest BCUT2D eigenvalue weighted by Gasteiger charge is -2.20. The van der Waals surface area contributed by atoms with Gasteiger partial charge < -0.3 is 10.2 Å². The standard InChI is InChI=1S/C15H16F3N3/c1-3-19-14-12(17)8-13(18)15(20-14)21(2)9-10-6-4-5-7-11(10)16/h4-8H,3,9H2,1-2H3,(H,19,20). The molecule has 0 aliphatic carbocycles. The molecule has 0 amide bonds. The molecule has 112 valence electrons. The topological polar surface area (TPSA) is 28.2 Å². The van der Waals surface area contributed by atoms with Gasteiger partial charge in [-0.15, -0.1) is 0 Å². The first-order chi connectivity index (χ1) is 10.0. The van der Waals surface area contributed by atoms with E-state index in [2.05, 4.69) is 10.3 Å². The molecular weight excluding hydrogens is 279 g/mol. The van der Waals surface area contributed by atoms with Crippen molar-refractivity contribution >= 4 is 11.6 Å². The summed E-state index contributed by atoms with van der Waals surface area (Å²) in [5, 5.41) is 2.72. The van der Waals surface area contributed by atoms with Crippen molar-refractivity contribution in [2.75, 3.05) is 23.8 Å². The van der Waals surface area contributed by atoms with Gasteiger partial charge in [-0.1, -0.05) is 18.2 Å². The molecular formula is C15H16F3N3. The molecule has 1 heterocycles. The summed E-state index contributed by atoms with van der Waals surface area (Å²) in [6, 6.07) is 7.00. The van der Waals surface area contributed by atoms with Gasteiger partial charge in [0.05, 0.1) is 0 Å². The van der Waals surface area contributed by atoms with Gasteiger partial charge in [0.15, 0.2) is 23.3 Å². The molecule has 0 fully saturated rings. The number of halogens is 3. The average molecular weight is 295 g/mol. The molecule has 0 radical (unpaired) electrons. The largest absolute Gasteiger partial charge is 0.368 e. The quantitative estimate of drug-likeness (QED) is 0.914. The molecule has 2 rings (SSSR count). The fourth-order valence-corrected chi connectivity index (χ4v) is 1.97. The van der Waals surface area contributed by atoms with E-state index in [0.717, 1.165) is 6.07 Å². The minimum atomic E-state index is -0.784. The summed E-state index contributed by atoms with van der Waals surface area (Å²) in [7, 11) is 1.57. The third-order valence-electron chi connectivity index (χ3n) is 2.98. The monoisotopic (exact) mass is 295 g/mol. The highest BCUT2D eigenvalue weighted by Crippen LogP contribution is 2.23. The molecule has 0 aliphatic rings. The normalized spacial score (nSPS) is 10.5. The number of nitrogens with one attached hydrogen (secondary N) is 1. The molecule has 0 bridgehead atoms. The first kappa shape index (κ1) is 15.2. The van der Waals surface area contributed by atoms with Crippen LogP contribution in [0.4, 0.5) is 24.8 Å². The minimum absolute atomic E-state index is 0.0192. The summed E-state index contributed by atoms with van der Waals surface area (Å²) < 4.78 is 41.0. The molecule has 0 unspecified atom stereocenters. The molecule has 1 aromatic carbocycles. The van der Waals surface area contributed by atoms with Gasteiger partial charge in [-0.3, -0.25) is 0 Å². The Hall–Kier alpha value is -2.24. The lowest BCUT2D eigenvalue weighted by Crippen LogP contribution is -2.21. The number of aromatic nitrogens is 1. The van der Waals surface area contributed by atoms with Crippen molar-refractivity contribution in [3.05, 3.63) is 53.3 Å². The smallest absolute Gasteiger partial charge is 0.168 e. The van der Waals surface area contributed by atoms with Crippen LogP contribution in [0.3, 0.4) is 0 Å². The van der Waals surface area contributed by atoms with E-state index in [4.69, 9.17) is 0 Å². The summed E-state index contributed by atoms with van der Waals surface area (Å²) in [6.45, 7) is 2.38. The summed E-state index contributed by atoms with van der Waals surface area (Å²) in [5.41, 5.74) is 0.413. The van der Waals surface area contributed by atoms with E-state index < -0.39 is 11.6 Å². The highest BCUT2D eigenvalue weighted by atomic mass is 19.1. The first-order valence-corrected chi connectivity index (χ1v) is 6.57. The van der Waals surface area contributed by atoms with Crippen LogP contribution in [-0.4, -0.2) is 18.6 Å². The number of anilines is 2. The maximum Gasteiger partial charge on any atom is 0.168 e. The lowest BCUT2D eigenvalue weighted by atomic mass is 10.2. The fraction of sp³-hybridized carbons (Fsp3) is 0.267. The Bertz CT molecular complexity index is 632. The van der Waals surface area contributed by atoms with Crippen molar-refractivity contribution in [2.24, 2.45) is 0 Å². The van der Waals surface area contributed by atoms with Crippen LogP contribution in [-0.2, 0) is 6.54 Å². The van der Waals surface area contributed by atoms with E-state index in [1.807, 2.05) is 0 Å². The van der Waals surface area contributed by atoms with Gasteiger partial charge in [-0.05, 0) is 13.0 Å². The molecule has 0 saturated carbocycles. The Kier molecular flexibility index (Phi) is 4.67. The van der Waals surface area contributed by atoms with E-state index in [9.17, 15) is 13.2 Å². The van der Waals surface area contributed by atoms with E-state index >= 15 is 0 Å². The second-order valence-electron chi connectivity index (χ2n) is 4.60. The van der Waals surface area contributed by atoms with Crippen LogP contribution in [0.15, 0.2) is 30.3 Å². The second kappa shape index (κ2) is 6.47. The number of pyridine rings is 1. The summed E-state index contributed by atoms with van der Waals surface area (Å²) in [5.74, 6) is -1.96. The van der Waals surface area contributed by atoms with Crippen molar-refractivity contribution in [1.29, 1.82) is 0 Å². The Morgan fingerprint density at radius 1 is 1.10 bits per heavy atom. The van der Waals surface area contributed by atoms with E-state index in [1.165, 1.54) is 11.0 Å². The molecule has 2 aromatic rings. The molecule has 21 heavy (non-hydrogen) atoms. The Balaban J connectivity index is 2.28. The zero-order valence-electron chi connectivity index (χ0n) is 11.8. The Morgan fingerprint density at radius 2 is 1.81 bits per heavy atom. The molecule has 1 aromatic heterocycles. The molecule has 6 heteroatoms. The number of rotatable bonds is 5. The van der Waals surface area contributed by atoms with Gasteiger partial charge in [-0.2, -0.15) is 0 Å². The van der Waals surface area contributed by atoms with Gasteiger partial charge in [0.25, 0.3) is 0 Å². The second-order valence-corrected chi connectivity index (χ2v) is 4.60. The van der Waals surface area contributed by atoms with Crippen molar-refractivity contribution in [2.45, 2.75) is 13.5 Å². The molecule has 3 nitrogen and oxygen atoms in total. The van der Waals surface area contributed by atoms with Crippen LogP contribution in [0.1, 0.15) is 12.5 Å². The molecule has 0 saturated heterocycles. The fourth-order valence-electron chi connectivity index (χ4n) is 1.97. The predicted molar refractivity (Wildman–Crippen MR) is 76.8 cm³/mol. The van der Waals surface area contributed by atoms with Crippen molar-refractivity contribution in [3.63, 3.8) is 0 Å². The van der Waals surface area contributed by atoms with E-state index in [1.54, 1.807) is 32.2 Å². The lowest BCUT2D eigenvalue weighted by molar-refractivity contribution is 0.569. The van der Waals surface area contributed by atoms with Gasteiger partial charge in [0.1, 0.15) is 5.82 Å².